The van der Waals surface area contributed by atoms with E-state index >= 15 is 0 Å². The first-order valence-electron chi connectivity index (χ1n) is 11.8. The van der Waals surface area contributed by atoms with E-state index in [4.69, 9.17) is 25.8 Å². The molecule has 2 N–H and O–H groups in total. The molecule has 0 bridgehead atoms. The molecule has 0 aliphatic carbocycles. The van der Waals surface area contributed by atoms with Crippen LogP contribution < -0.4 is 19.5 Å². The number of unbranched alkanes of at least 4 members (excludes halogenated alkanes) is 1. The van der Waals surface area contributed by atoms with Crippen LogP contribution in [0.2, 0.25) is 5.28 Å². The van der Waals surface area contributed by atoms with Crippen molar-refractivity contribution in [3.8, 4) is 22.9 Å². The van der Waals surface area contributed by atoms with Gasteiger partial charge in [-0.1, -0.05) is 33.6 Å². The Labute approximate surface area is 215 Å². The Balaban J connectivity index is 0.00000176. The lowest BCUT2D eigenvalue weighted by atomic mass is 10.1. The van der Waals surface area contributed by atoms with E-state index in [9.17, 15) is 5.11 Å². The number of anilines is 2. The van der Waals surface area contributed by atoms with Crippen molar-refractivity contribution in [3.05, 3.63) is 47.8 Å². The van der Waals surface area contributed by atoms with Crippen molar-refractivity contribution in [1.29, 1.82) is 0 Å². The molecular weight excluding hydrogens is 484 g/mol. The monoisotopic (exact) mass is 516 g/mol. The zero-order chi connectivity index (χ0) is 26.2. The summed E-state index contributed by atoms with van der Waals surface area (Å²) >= 11 is 6.19. The summed E-state index contributed by atoms with van der Waals surface area (Å²) < 4.78 is 19.7. The molecule has 36 heavy (non-hydrogen) atoms. The van der Waals surface area contributed by atoms with Gasteiger partial charge in [0.15, 0.2) is 17.3 Å². The van der Waals surface area contributed by atoms with E-state index in [1.54, 1.807) is 38.4 Å². The Bertz CT molecular complexity index is 1260. The molecule has 0 fully saturated rings. The maximum atomic E-state index is 10.6. The first kappa shape index (κ1) is 27.1. The maximum Gasteiger partial charge on any atom is 0.243 e. The first-order chi connectivity index (χ1) is 17.5. The van der Waals surface area contributed by atoms with Gasteiger partial charge < -0.3 is 29.2 Å². The van der Waals surface area contributed by atoms with Gasteiger partial charge >= 0.3 is 0 Å². The highest BCUT2D eigenvalue weighted by Crippen LogP contribution is 2.39. The van der Waals surface area contributed by atoms with Crippen LogP contribution in [0, 0.1) is 0 Å². The van der Waals surface area contributed by atoms with Gasteiger partial charge in [-0.25, -0.2) is 9.50 Å². The first-order valence-corrected chi connectivity index (χ1v) is 12.2. The summed E-state index contributed by atoms with van der Waals surface area (Å²) in [4.78, 5) is 8.76. The fraction of sp³-hybridized carbons (Fsp3) is 0.400. The molecule has 4 rings (SSSR count). The number of aliphatic hydroxyl groups excluding tert-OH is 1. The maximum absolute atomic E-state index is 10.6. The number of aliphatic hydroxyl groups is 1. The van der Waals surface area contributed by atoms with Gasteiger partial charge in [-0.2, -0.15) is 4.98 Å². The second-order valence-corrected chi connectivity index (χ2v) is 7.96. The lowest BCUT2D eigenvalue weighted by Crippen LogP contribution is -2.07. The second-order valence-electron chi connectivity index (χ2n) is 7.62. The minimum atomic E-state index is -0.638. The number of aromatic nitrogens is 5. The molecule has 0 aliphatic heterocycles. The number of hydrogen-bond acceptors (Lipinski definition) is 8. The lowest BCUT2D eigenvalue weighted by molar-refractivity contribution is 0.157. The average molecular weight is 517 g/mol. The van der Waals surface area contributed by atoms with Crippen molar-refractivity contribution in [2.45, 2.75) is 46.1 Å². The molecule has 10 nitrogen and oxygen atoms in total. The Morgan fingerprint density at radius 3 is 2.39 bits per heavy atom. The molecule has 1 aromatic carbocycles. The Morgan fingerprint density at radius 1 is 1.08 bits per heavy atom. The largest absolute Gasteiger partial charge is 0.493 e. The molecule has 1 unspecified atom stereocenters. The summed E-state index contributed by atoms with van der Waals surface area (Å²) in [7, 11) is 4.69. The van der Waals surface area contributed by atoms with Crippen LogP contribution in [0.1, 0.15) is 51.8 Å². The molecule has 3 heterocycles. The molecule has 0 radical (unpaired) electrons. The summed E-state index contributed by atoms with van der Waals surface area (Å²) in [6.45, 7) is 6.08. The topological polar surface area (TPSA) is 108 Å². The second kappa shape index (κ2) is 12.5. The van der Waals surface area contributed by atoms with E-state index in [0.717, 1.165) is 18.5 Å². The average Bonchev–Trinajstić information content (AvgIpc) is 3.55. The van der Waals surface area contributed by atoms with Gasteiger partial charge in [0.25, 0.3) is 0 Å². The SMILES string of the molecule is CC.CCCCC(O)c1ccc2c(Nc3cn(-c4cc(OC)c(OC)c(OC)c4)cn3)nc(Cl)nn12. The molecule has 3 aromatic heterocycles. The van der Waals surface area contributed by atoms with Crippen LogP contribution in [0.5, 0.6) is 17.2 Å². The summed E-state index contributed by atoms with van der Waals surface area (Å²) in [5.41, 5.74) is 2.11. The van der Waals surface area contributed by atoms with Crippen molar-refractivity contribution in [2.24, 2.45) is 0 Å². The molecule has 194 valence electrons. The van der Waals surface area contributed by atoms with Crippen molar-refractivity contribution < 1.29 is 19.3 Å². The third-order valence-corrected chi connectivity index (χ3v) is 5.62. The van der Waals surface area contributed by atoms with Crippen LogP contribution >= 0.6 is 11.6 Å². The van der Waals surface area contributed by atoms with E-state index in [-0.39, 0.29) is 5.28 Å². The van der Waals surface area contributed by atoms with Crippen LogP contribution in [0.25, 0.3) is 11.2 Å². The third-order valence-electron chi connectivity index (χ3n) is 5.46. The normalized spacial score (nSPS) is 11.6. The fourth-order valence-electron chi connectivity index (χ4n) is 3.75. The minimum absolute atomic E-state index is 0.0548. The minimum Gasteiger partial charge on any atom is -0.493 e. The molecule has 0 aliphatic rings. The number of nitrogens with one attached hydrogen (secondary N) is 1. The van der Waals surface area contributed by atoms with Crippen LogP contribution in [0.15, 0.2) is 36.8 Å². The van der Waals surface area contributed by atoms with Crippen molar-refractivity contribution >= 4 is 28.8 Å². The van der Waals surface area contributed by atoms with Gasteiger partial charge in [-0.15, -0.1) is 5.10 Å². The Hall–Kier alpha value is -3.50. The summed E-state index contributed by atoms with van der Waals surface area (Å²) in [6.07, 6.45) is 5.37. The molecule has 0 spiro atoms. The summed E-state index contributed by atoms with van der Waals surface area (Å²) in [5.74, 6) is 2.59. The quantitative estimate of drug-likeness (QED) is 0.281. The highest BCUT2D eigenvalue weighted by atomic mass is 35.5. The van der Waals surface area contributed by atoms with Gasteiger partial charge in [0.05, 0.1) is 45.0 Å². The van der Waals surface area contributed by atoms with Crippen molar-refractivity contribution in [3.63, 3.8) is 0 Å². The number of ether oxygens (including phenoxy) is 3. The van der Waals surface area contributed by atoms with E-state index in [1.807, 2.05) is 42.7 Å². The number of benzene rings is 1. The molecule has 1 atom stereocenters. The van der Waals surface area contributed by atoms with Gasteiger partial charge in [-0.05, 0) is 30.2 Å². The Morgan fingerprint density at radius 2 is 1.78 bits per heavy atom. The van der Waals surface area contributed by atoms with Crippen LogP contribution in [0.4, 0.5) is 11.6 Å². The smallest absolute Gasteiger partial charge is 0.243 e. The number of nitrogens with zero attached hydrogens (tertiary/aromatic N) is 5. The lowest BCUT2D eigenvalue weighted by Gasteiger charge is -2.14. The van der Waals surface area contributed by atoms with Crippen LogP contribution in [-0.2, 0) is 0 Å². The predicted molar refractivity (Wildman–Crippen MR) is 140 cm³/mol. The number of hydrogen-bond donors (Lipinski definition) is 2. The highest BCUT2D eigenvalue weighted by molar-refractivity contribution is 6.28. The van der Waals surface area contributed by atoms with Gasteiger partial charge in [0.2, 0.25) is 11.0 Å². The summed E-state index contributed by atoms with van der Waals surface area (Å²) in [6, 6.07) is 7.33. The number of fused-ring (bicyclic) bond motifs is 1. The van der Waals surface area contributed by atoms with E-state index in [2.05, 4.69) is 27.3 Å². The van der Waals surface area contributed by atoms with E-state index < -0.39 is 6.10 Å². The van der Waals surface area contributed by atoms with Gasteiger partial charge in [0, 0.05) is 12.1 Å². The number of halogens is 1. The van der Waals surface area contributed by atoms with Gasteiger partial charge in [-0.3, -0.25) is 0 Å². The van der Waals surface area contributed by atoms with Crippen molar-refractivity contribution in [2.75, 3.05) is 26.6 Å². The van der Waals surface area contributed by atoms with Crippen LogP contribution in [-0.4, -0.2) is 50.6 Å². The zero-order valence-corrected chi connectivity index (χ0v) is 22.2. The summed E-state index contributed by atoms with van der Waals surface area (Å²) in [5, 5.41) is 18.1. The van der Waals surface area contributed by atoms with E-state index in [1.165, 1.54) is 0 Å². The van der Waals surface area contributed by atoms with E-state index in [0.29, 0.717) is 46.5 Å². The molecule has 0 saturated heterocycles. The standard InChI is InChI=1S/C23H27ClN6O4.C2H6/c1-5-6-7-17(31)15-8-9-16-22(27-23(24)28-30(15)16)26-20-12-29(13-25-20)14-10-18(32-2)21(34-4)19(11-14)33-3;1-2/h8-13,17,31H,5-7H2,1-4H3,(H,26,27,28);1-2H3. The zero-order valence-electron chi connectivity index (χ0n) is 21.4. The Kier molecular flexibility index (Phi) is 9.38. The number of methoxy groups -OCH3 is 3. The molecular formula is C25H33ClN6O4. The number of imidazole rings is 1. The predicted octanol–water partition coefficient (Wildman–Crippen LogP) is 5.59. The molecule has 0 amide bonds. The molecule has 11 heteroatoms. The third kappa shape index (κ3) is 5.66. The van der Waals surface area contributed by atoms with Crippen LogP contribution in [0.3, 0.4) is 0 Å². The van der Waals surface area contributed by atoms with Crippen molar-refractivity contribution in [1.82, 2.24) is 24.1 Å². The number of rotatable bonds is 10. The fourth-order valence-corrected chi connectivity index (χ4v) is 3.91. The molecule has 4 aromatic rings. The van der Waals surface area contributed by atoms with Gasteiger partial charge in [0.1, 0.15) is 17.7 Å². The highest BCUT2D eigenvalue weighted by Gasteiger charge is 2.18. The molecule has 0 saturated carbocycles.